The predicted octanol–water partition coefficient (Wildman–Crippen LogP) is -0.171. The van der Waals surface area contributed by atoms with Crippen LogP contribution in [0.15, 0.2) is 0 Å². The van der Waals surface area contributed by atoms with E-state index in [0.717, 1.165) is 43.5 Å². The Bertz CT molecular complexity index is 554. The Morgan fingerprint density at radius 1 is 1.33 bits per heavy atom. The molecular formula is C14H21N5O2. The molecule has 0 bridgehead atoms. The number of carbonyl (C=O) groups is 2. The van der Waals surface area contributed by atoms with Gasteiger partial charge in [-0.25, -0.2) is 0 Å². The smallest absolute Gasteiger partial charge is 0.272 e. The van der Waals surface area contributed by atoms with Gasteiger partial charge in [-0.1, -0.05) is 6.42 Å². The second-order valence-corrected chi connectivity index (χ2v) is 5.89. The SMILES string of the molecule is NC(=O)C1CCCC(NC(=O)c2n[nH]c3c2CNCC3)C1. The van der Waals surface area contributed by atoms with Gasteiger partial charge in [-0.05, 0) is 19.3 Å². The fourth-order valence-corrected chi connectivity index (χ4v) is 3.25. The maximum atomic E-state index is 12.4. The number of fused-ring (bicyclic) bond motifs is 1. The van der Waals surface area contributed by atoms with E-state index in [1.54, 1.807) is 0 Å². The molecule has 2 heterocycles. The van der Waals surface area contributed by atoms with Crippen LogP contribution in [-0.2, 0) is 17.8 Å². The Balaban J connectivity index is 1.66. The monoisotopic (exact) mass is 291 g/mol. The minimum Gasteiger partial charge on any atom is -0.369 e. The number of aromatic amines is 1. The van der Waals surface area contributed by atoms with E-state index in [1.165, 1.54) is 0 Å². The van der Waals surface area contributed by atoms with Crippen molar-refractivity contribution in [1.82, 2.24) is 20.8 Å². The highest BCUT2D eigenvalue weighted by molar-refractivity contribution is 5.94. The van der Waals surface area contributed by atoms with Crippen LogP contribution in [0.5, 0.6) is 0 Å². The molecule has 2 unspecified atom stereocenters. The van der Waals surface area contributed by atoms with Gasteiger partial charge in [0.15, 0.2) is 5.69 Å². The predicted molar refractivity (Wildman–Crippen MR) is 76.4 cm³/mol. The number of rotatable bonds is 3. The van der Waals surface area contributed by atoms with Gasteiger partial charge in [0.05, 0.1) is 0 Å². The zero-order valence-electron chi connectivity index (χ0n) is 11.9. The van der Waals surface area contributed by atoms with E-state index in [0.29, 0.717) is 18.7 Å². The molecule has 1 fully saturated rings. The van der Waals surface area contributed by atoms with Crippen LogP contribution < -0.4 is 16.4 Å². The first-order valence-corrected chi connectivity index (χ1v) is 7.52. The Kier molecular flexibility index (Phi) is 3.92. The molecule has 2 atom stereocenters. The number of hydrogen-bond donors (Lipinski definition) is 4. The highest BCUT2D eigenvalue weighted by atomic mass is 16.2. The quantitative estimate of drug-likeness (QED) is 0.619. The summed E-state index contributed by atoms with van der Waals surface area (Å²) in [6, 6.07) is 0.00708. The van der Waals surface area contributed by atoms with Crippen LogP contribution in [0.2, 0.25) is 0 Å². The van der Waals surface area contributed by atoms with E-state index in [9.17, 15) is 9.59 Å². The molecule has 0 radical (unpaired) electrons. The molecule has 3 rings (SSSR count). The number of aromatic nitrogens is 2. The van der Waals surface area contributed by atoms with Crippen molar-refractivity contribution in [1.29, 1.82) is 0 Å². The molecule has 0 aromatic carbocycles. The van der Waals surface area contributed by atoms with Crippen LogP contribution in [-0.4, -0.2) is 34.6 Å². The summed E-state index contributed by atoms with van der Waals surface area (Å²) in [5.74, 6) is -0.555. The topological polar surface area (TPSA) is 113 Å². The van der Waals surface area contributed by atoms with E-state index in [1.807, 2.05) is 0 Å². The number of nitrogens with one attached hydrogen (secondary N) is 3. The average molecular weight is 291 g/mol. The van der Waals surface area contributed by atoms with Crippen molar-refractivity contribution >= 4 is 11.8 Å². The van der Waals surface area contributed by atoms with E-state index < -0.39 is 0 Å². The van der Waals surface area contributed by atoms with Gasteiger partial charge in [-0.15, -0.1) is 0 Å². The molecule has 5 N–H and O–H groups in total. The summed E-state index contributed by atoms with van der Waals surface area (Å²) in [6.45, 7) is 1.57. The molecule has 1 aliphatic carbocycles. The van der Waals surface area contributed by atoms with Crippen molar-refractivity contribution in [2.24, 2.45) is 11.7 Å². The number of nitrogens with zero attached hydrogens (tertiary/aromatic N) is 1. The molecule has 2 aliphatic rings. The summed E-state index contributed by atoms with van der Waals surface area (Å²) in [7, 11) is 0. The van der Waals surface area contributed by atoms with Crippen LogP contribution in [0, 0.1) is 5.92 Å². The van der Waals surface area contributed by atoms with Gasteiger partial charge >= 0.3 is 0 Å². The van der Waals surface area contributed by atoms with Crippen LogP contribution in [0.4, 0.5) is 0 Å². The fraction of sp³-hybridized carbons (Fsp3) is 0.643. The minimum atomic E-state index is -0.268. The molecule has 0 spiro atoms. The number of hydrogen-bond acceptors (Lipinski definition) is 4. The molecule has 2 amide bonds. The molecule has 7 heteroatoms. The molecule has 21 heavy (non-hydrogen) atoms. The Labute approximate surface area is 123 Å². The largest absolute Gasteiger partial charge is 0.369 e. The second-order valence-electron chi connectivity index (χ2n) is 5.89. The molecule has 1 aromatic rings. The number of primary amides is 1. The van der Waals surface area contributed by atoms with E-state index in [-0.39, 0.29) is 23.8 Å². The summed E-state index contributed by atoms with van der Waals surface area (Å²) >= 11 is 0. The lowest BCUT2D eigenvalue weighted by Crippen LogP contribution is -2.41. The zero-order chi connectivity index (χ0) is 14.8. The van der Waals surface area contributed by atoms with Crippen molar-refractivity contribution in [2.45, 2.75) is 44.7 Å². The van der Waals surface area contributed by atoms with Gasteiger partial charge < -0.3 is 16.4 Å². The summed E-state index contributed by atoms with van der Waals surface area (Å²) in [5.41, 5.74) is 7.84. The lowest BCUT2D eigenvalue weighted by atomic mass is 9.85. The lowest BCUT2D eigenvalue weighted by Gasteiger charge is -2.27. The third-order valence-corrected chi connectivity index (χ3v) is 4.43. The molecule has 1 saturated carbocycles. The van der Waals surface area contributed by atoms with Gasteiger partial charge in [0.2, 0.25) is 5.91 Å². The first-order valence-electron chi connectivity index (χ1n) is 7.52. The highest BCUT2D eigenvalue weighted by Crippen LogP contribution is 2.24. The molecule has 1 aromatic heterocycles. The van der Waals surface area contributed by atoms with Crippen molar-refractivity contribution in [3.05, 3.63) is 17.0 Å². The van der Waals surface area contributed by atoms with E-state index >= 15 is 0 Å². The van der Waals surface area contributed by atoms with Crippen molar-refractivity contribution in [3.8, 4) is 0 Å². The van der Waals surface area contributed by atoms with Crippen LogP contribution in [0.1, 0.15) is 47.4 Å². The lowest BCUT2D eigenvalue weighted by molar-refractivity contribution is -0.122. The van der Waals surface area contributed by atoms with Gasteiger partial charge in [0.1, 0.15) is 0 Å². The number of amides is 2. The van der Waals surface area contributed by atoms with E-state index in [4.69, 9.17) is 5.73 Å². The zero-order valence-corrected chi connectivity index (χ0v) is 11.9. The highest BCUT2D eigenvalue weighted by Gasteiger charge is 2.28. The number of H-pyrrole nitrogens is 1. The van der Waals surface area contributed by atoms with Crippen LogP contribution >= 0.6 is 0 Å². The van der Waals surface area contributed by atoms with Gasteiger partial charge in [0.25, 0.3) is 5.91 Å². The third-order valence-electron chi connectivity index (χ3n) is 4.43. The first-order chi connectivity index (χ1) is 10.1. The van der Waals surface area contributed by atoms with Gasteiger partial charge in [-0.2, -0.15) is 5.10 Å². The van der Waals surface area contributed by atoms with Crippen molar-refractivity contribution in [2.75, 3.05) is 6.54 Å². The summed E-state index contributed by atoms with van der Waals surface area (Å²) in [4.78, 5) is 23.7. The normalized spacial score (nSPS) is 25.1. The average Bonchev–Trinajstić information content (AvgIpc) is 2.91. The number of carbonyl (C=O) groups excluding carboxylic acids is 2. The second kappa shape index (κ2) is 5.85. The first kappa shape index (κ1) is 14.1. The van der Waals surface area contributed by atoms with Crippen LogP contribution in [0.25, 0.3) is 0 Å². The Hall–Kier alpha value is -1.89. The summed E-state index contributed by atoms with van der Waals surface area (Å²) in [6.07, 6.45) is 4.12. The molecular weight excluding hydrogens is 270 g/mol. The van der Waals surface area contributed by atoms with Crippen LogP contribution in [0.3, 0.4) is 0 Å². The standard InChI is InChI=1S/C14H21N5O2/c15-13(20)8-2-1-3-9(6-8)17-14(21)12-10-7-16-5-4-11(10)18-19-12/h8-9,16H,1-7H2,(H2,15,20)(H,17,21)(H,18,19). The van der Waals surface area contributed by atoms with Crippen molar-refractivity contribution < 1.29 is 9.59 Å². The van der Waals surface area contributed by atoms with E-state index in [2.05, 4.69) is 20.8 Å². The molecule has 7 nitrogen and oxygen atoms in total. The maximum Gasteiger partial charge on any atom is 0.272 e. The van der Waals surface area contributed by atoms with Gasteiger partial charge in [-0.3, -0.25) is 14.7 Å². The summed E-state index contributed by atoms with van der Waals surface area (Å²) in [5, 5.41) is 13.3. The Morgan fingerprint density at radius 3 is 3.00 bits per heavy atom. The third kappa shape index (κ3) is 2.92. The molecule has 1 aliphatic heterocycles. The molecule has 0 saturated heterocycles. The molecule has 114 valence electrons. The van der Waals surface area contributed by atoms with Crippen molar-refractivity contribution in [3.63, 3.8) is 0 Å². The maximum absolute atomic E-state index is 12.4. The fourth-order valence-electron chi connectivity index (χ4n) is 3.25. The van der Waals surface area contributed by atoms with Gasteiger partial charge in [0, 0.05) is 42.7 Å². The Morgan fingerprint density at radius 2 is 2.19 bits per heavy atom. The summed E-state index contributed by atoms with van der Waals surface area (Å²) < 4.78 is 0. The number of nitrogens with two attached hydrogens (primary N) is 1. The minimum absolute atomic E-state index is 0.00708.